The van der Waals surface area contributed by atoms with E-state index in [1.54, 1.807) is 28.8 Å². The smallest absolute Gasteiger partial charge is 0.327 e. The predicted molar refractivity (Wildman–Crippen MR) is 109 cm³/mol. The van der Waals surface area contributed by atoms with Crippen LogP contribution in [0.25, 0.3) is 11.2 Å². The summed E-state index contributed by atoms with van der Waals surface area (Å²) in [5, 5.41) is 9.89. The first-order valence-electron chi connectivity index (χ1n) is 9.43. The predicted octanol–water partition coefficient (Wildman–Crippen LogP) is 0.423. The van der Waals surface area contributed by atoms with Gasteiger partial charge in [0, 0.05) is 12.3 Å². The monoisotopic (exact) mass is 410 g/mol. The zero-order valence-corrected chi connectivity index (χ0v) is 16.1. The Hall–Kier alpha value is -3.50. The molecule has 0 saturated heterocycles. The number of imidazole rings is 1. The Bertz CT molecular complexity index is 1160. The summed E-state index contributed by atoms with van der Waals surface area (Å²) >= 11 is 0. The number of nitrogens with one attached hydrogen (secondary N) is 1. The maximum atomic E-state index is 12.6. The van der Waals surface area contributed by atoms with Crippen LogP contribution < -0.4 is 17.0 Å². The van der Waals surface area contributed by atoms with E-state index in [0.29, 0.717) is 23.2 Å². The van der Waals surface area contributed by atoms with Crippen molar-refractivity contribution in [3.05, 3.63) is 64.7 Å². The van der Waals surface area contributed by atoms with Crippen molar-refractivity contribution >= 4 is 23.1 Å². The minimum atomic E-state index is -0.938. The first-order chi connectivity index (χ1) is 14.4. The Balaban J connectivity index is 1.59. The first-order valence-corrected chi connectivity index (χ1v) is 9.43. The summed E-state index contributed by atoms with van der Waals surface area (Å²) < 4.78 is 7.32. The maximum absolute atomic E-state index is 12.6. The van der Waals surface area contributed by atoms with E-state index in [0.717, 1.165) is 0 Å². The number of rotatable bonds is 5. The molecule has 30 heavy (non-hydrogen) atoms. The highest BCUT2D eigenvalue weighted by atomic mass is 16.5. The summed E-state index contributed by atoms with van der Waals surface area (Å²) in [5.41, 5.74) is 13.0. The largest absolute Gasteiger partial charge is 0.460 e. The van der Waals surface area contributed by atoms with Gasteiger partial charge in [-0.25, -0.2) is 9.78 Å². The van der Waals surface area contributed by atoms with Gasteiger partial charge < -0.3 is 25.9 Å². The number of nitrogens with zero attached hydrogens (tertiary/aromatic N) is 3. The number of aromatic amines is 1. The van der Waals surface area contributed by atoms with E-state index < -0.39 is 29.6 Å². The molecule has 1 aromatic carbocycles. The number of fused-ring (bicyclic) bond motifs is 1. The summed E-state index contributed by atoms with van der Waals surface area (Å²) in [6, 6.07) is 7.58. The van der Waals surface area contributed by atoms with Crippen molar-refractivity contribution in [2.24, 2.45) is 11.7 Å². The van der Waals surface area contributed by atoms with Gasteiger partial charge in [-0.05, 0) is 11.1 Å². The summed E-state index contributed by atoms with van der Waals surface area (Å²) in [6.07, 6.45) is 1.17. The number of nitrogens with two attached hydrogens (primary N) is 2. The normalized spacial score (nSPS) is 22.3. The van der Waals surface area contributed by atoms with E-state index in [2.05, 4.69) is 21.5 Å². The number of aromatic nitrogens is 4. The van der Waals surface area contributed by atoms with E-state index in [-0.39, 0.29) is 24.1 Å². The molecule has 1 saturated carbocycles. The quantitative estimate of drug-likeness (QED) is 0.347. The van der Waals surface area contributed by atoms with Crippen molar-refractivity contribution in [3.63, 3.8) is 0 Å². The zero-order valence-electron chi connectivity index (χ0n) is 16.1. The molecule has 6 N–H and O–H groups in total. The second-order valence-electron chi connectivity index (χ2n) is 7.25. The topological polar surface area (TPSA) is 162 Å². The molecule has 0 radical (unpaired) electrons. The minimum absolute atomic E-state index is 0.0339. The first kappa shape index (κ1) is 19.8. The number of carbonyl (C=O) groups excluding carboxylic acids is 1. The van der Waals surface area contributed by atoms with Gasteiger partial charge in [-0.3, -0.25) is 9.78 Å². The van der Waals surface area contributed by atoms with Crippen LogP contribution in [0.4, 0.5) is 5.95 Å². The third-order valence-electron chi connectivity index (χ3n) is 5.47. The van der Waals surface area contributed by atoms with Gasteiger partial charge in [-0.15, -0.1) is 0 Å². The van der Waals surface area contributed by atoms with Crippen molar-refractivity contribution in [2.45, 2.75) is 24.6 Å². The van der Waals surface area contributed by atoms with Crippen LogP contribution >= 0.6 is 0 Å². The number of nitrogen functional groups attached to an aromatic ring is 1. The number of ether oxygens (including phenoxy) is 1. The number of aliphatic hydroxyl groups excluding tert-OH is 1. The summed E-state index contributed by atoms with van der Waals surface area (Å²) in [5.74, 6) is -1.11. The fourth-order valence-electron chi connectivity index (χ4n) is 3.87. The van der Waals surface area contributed by atoms with Crippen molar-refractivity contribution < 1.29 is 14.6 Å². The van der Waals surface area contributed by atoms with Crippen LogP contribution in [-0.4, -0.2) is 43.3 Å². The van der Waals surface area contributed by atoms with E-state index in [1.165, 1.54) is 6.33 Å². The van der Waals surface area contributed by atoms with Gasteiger partial charge in [0.15, 0.2) is 11.2 Å². The lowest BCUT2D eigenvalue weighted by Crippen LogP contribution is -2.31. The summed E-state index contributed by atoms with van der Waals surface area (Å²) in [4.78, 5) is 35.3. The van der Waals surface area contributed by atoms with Gasteiger partial charge in [0.2, 0.25) is 5.95 Å². The summed E-state index contributed by atoms with van der Waals surface area (Å²) in [6.45, 7) is 3.83. The molecule has 4 rings (SSSR count). The lowest BCUT2D eigenvalue weighted by atomic mass is 10.0. The number of H-pyrrole nitrogens is 1. The van der Waals surface area contributed by atoms with Gasteiger partial charge >= 0.3 is 5.97 Å². The van der Waals surface area contributed by atoms with Crippen molar-refractivity contribution in [3.8, 4) is 0 Å². The number of hydrogen-bond acceptors (Lipinski definition) is 8. The third-order valence-corrected chi connectivity index (χ3v) is 5.47. The molecule has 2 aromatic heterocycles. The van der Waals surface area contributed by atoms with Crippen LogP contribution in [0, 0.1) is 5.92 Å². The highest BCUT2D eigenvalue weighted by Crippen LogP contribution is 2.41. The van der Waals surface area contributed by atoms with Gasteiger partial charge in [0.05, 0.1) is 19.0 Å². The number of anilines is 1. The molecule has 1 fully saturated rings. The number of carbonyl (C=O) groups is 1. The molecule has 10 nitrogen and oxygen atoms in total. The summed E-state index contributed by atoms with van der Waals surface area (Å²) in [7, 11) is 0. The number of esters is 1. The zero-order chi connectivity index (χ0) is 21.4. The number of hydrogen-bond donors (Lipinski definition) is 4. The third kappa shape index (κ3) is 3.36. The maximum Gasteiger partial charge on any atom is 0.327 e. The lowest BCUT2D eigenvalue weighted by Gasteiger charge is -2.20. The molecule has 3 aromatic rings. The molecule has 0 spiro atoms. The average molecular weight is 410 g/mol. The Kier molecular flexibility index (Phi) is 5.10. The Morgan fingerprint density at radius 2 is 2.13 bits per heavy atom. The molecule has 1 aliphatic rings. The van der Waals surface area contributed by atoms with Gasteiger partial charge in [-0.2, -0.15) is 4.98 Å². The minimum Gasteiger partial charge on any atom is -0.460 e. The van der Waals surface area contributed by atoms with E-state index in [9.17, 15) is 14.7 Å². The Morgan fingerprint density at radius 1 is 1.40 bits per heavy atom. The Morgan fingerprint density at radius 3 is 2.83 bits per heavy atom. The molecular weight excluding hydrogens is 388 g/mol. The molecule has 10 heteroatoms. The molecule has 0 unspecified atom stereocenters. The molecule has 1 aliphatic carbocycles. The SMILES string of the molecule is C=C1[C@H](CO)[C@@H](OC(=O)[C@H](N)c2ccccc2)C[C@@H]1n1cnc2c(=O)[nH]c(N)nc21. The standard InChI is InChI=1S/C20H22N6O4/c1-10-12(8-27)14(30-19(29)15(21)11-5-3-2-4-6-11)7-13(10)26-9-23-16-17(26)24-20(22)25-18(16)28/h2-6,9,12-15,27H,1,7-8,21H2,(H3,22,24,25,28)/t12-,13-,14-,15+/m0/s1. The van der Waals surface area contributed by atoms with Crippen molar-refractivity contribution in [1.29, 1.82) is 0 Å². The van der Waals surface area contributed by atoms with Crippen LogP contribution in [-0.2, 0) is 9.53 Å². The van der Waals surface area contributed by atoms with Gasteiger partial charge in [-0.1, -0.05) is 36.9 Å². The highest BCUT2D eigenvalue weighted by Gasteiger charge is 2.42. The van der Waals surface area contributed by atoms with Gasteiger partial charge in [0.1, 0.15) is 12.1 Å². The molecule has 2 heterocycles. The van der Waals surface area contributed by atoms with Crippen molar-refractivity contribution in [1.82, 2.24) is 19.5 Å². The highest BCUT2D eigenvalue weighted by molar-refractivity contribution is 5.77. The average Bonchev–Trinajstić information content (AvgIpc) is 3.28. The molecule has 156 valence electrons. The van der Waals surface area contributed by atoms with Gasteiger partial charge in [0.25, 0.3) is 5.56 Å². The Labute approximate surface area is 171 Å². The number of aliphatic hydroxyl groups is 1. The van der Waals surface area contributed by atoms with Crippen LogP contribution in [0.15, 0.2) is 53.6 Å². The fourth-order valence-corrected chi connectivity index (χ4v) is 3.87. The molecule has 4 atom stereocenters. The molecule has 0 aliphatic heterocycles. The van der Waals surface area contributed by atoms with Crippen LogP contribution in [0.2, 0.25) is 0 Å². The second kappa shape index (κ2) is 7.73. The number of benzene rings is 1. The van der Waals surface area contributed by atoms with Crippen LogP contribution in [0.5, 0.6) is 0 Å². The van der Waals surface area contributed by atoms with E-state index in [1.807, 2.05) is 6.07 Å². The van der Waals surface area contributed by atoms with Crippen molar-refractivity contribution in [2.75, 3.05) is 12.3 Å². The molecule has 0 bridgehead atoms. The van der Waals surface area contributed by atoms with E-state index >= 15 is 0 Å². The molecule has 0 amide bonds. The fraction of sp³-hybridized carbons (Fsp3) is 0.300. The second-order valence-corrected chi connectivity index (χ2v) is 7.25. The molecular formula is C20H22N6O4. The van der Waals surface area contributed by atoms with Crippen LogP contribution in [0.3, 0.4) is 0 Å². The van der Waals surface area contributed by atoms with E-state index in [4.69, 9.17) is 16.2 Å². The van der Waals surface area contributed by atoms with Crippen LogP contribution in [0.1, 0.15) is 24.1 Å². The lowest BCUT2D eigenvalue weighted by molar-refractivity contribution is -0.152.